The van der Waals surface area contributed by atoms with E-state index in [9.17, 15) is 0 Å². The standard InChI is InChI=1S/C13H15N5/c1-7-12(6-14)17-18-13(7)9-3-4-10-11(5-9)16-8(2)15-10/h3-5H,6,14H2,1-2H3,(H,15,16)(H,17,18). The molecule has 0 fully saturated rings. The number of benzene rings is 1. The van der Waals surface area contributed by atoms with Crippen molar-refractivity contribution in [1.29, 1.82) is 0 Å². The summed E-state index contributed by atoms with van der Waals surface area (Å²) in [6.07, 6.45) is 0. The van der Waals surface area contributed by atoms with Crippen molar-refractivity contribution in [3.05, 3.63) is 35.3 Å². The fourth-order valence-corrected chi connectivity index (χ4v) is 2.20. The maximum atomic E-state index is 5.65. The molecule has 0 aliphatic heterocycles. The van der Waals surface area contributed by atoms with Crippen molar-refractivity contribution in [2.75, 3.05) is 0 Å². The maximum Gasteiger partial charge on any atom is 0.104 e. The van der Waals surface area contributed by atoms with Gasteiger partial charge in [0.05, 0.1) is 22.4 Å². The molecule has 5 heteroatoms. The van der Waals surface area contributed by atoms with Crippen molar-refractivity contribution in [1.82, 2.24) is 20.2 Å². The molecule has 0 saturated carbocycles. The summed E-state index contributed by atoms with van der Waals surface area (Å²) in [4.78, 5) is 7.62. The topological polar surface area (TPSA) is 83.4 Å². The average Bonchev–Trinajstić information content (AvgIpc) is 2.89. The fourth-order valence-electron chi connectivity index (χ4n) is 2.20. The van der Waals surface area contributed by atoms with Crippen molar-refractivity contribution in [2.45, 2.75) is 20.4 Å². The van der Waals surface area contributed by atoms with Crippen LogP contribution >= 0.6 is 0 Å². The molecule has 2 heterocycles. The van der Waals surface area contributed by atoms with Crippen LogP contribution < -0.4 is 5.73 Å². The lowest BCUT2D eigenvalue weighted by molar-refractivity contribution is 0.941. The molecular weight excluding hydrogens is 226 g/mol. The molecule has 0 amide bonds. The number of rotatable bonds is 2. The van der Waals surface area contributed by atoms with E-state index in [1.807, 2.05) is 26.0 Å². The zero-order chi connectivity index (χ0) is 12.7. The second kappa shape index (κ2) is 3.96. The van der Waals surface area contributed by atoms with Gasteiger partial charge in [-0.2, -0.15) is 5.10 Å². The van der Waals surface area contributed by atoms with Crippen molar-refractivity contribution in [3.8, 4) is 11.3 Å². The Morgan fingerprint density at radius 1 is 1.28 bits per heavy atom. The van der Waals surface area contributed by atoms with Crippen LogP contribution in [0.4, 0.5) is 0 Å². The largest absolute Gasteiger partial charge is 0.342 e. The van der Waals surface area contributed by atoms with Crippen molar-refractivity contribution >= 4 is 11.0 Å². The van der Waals surface area contributed by atoms with Crippen LogP contribution in [0.5, 0.6) is 0 Å². The Morgan fingerprint density at radius 2 is 2.11 bits per heavy atom. The minimum absolute atomic E-state index is 0.476. The van der Waals surface area contributed by atoms with Gasteiger partial charge in [0, 0.05) is 12.1 Å². The summed E-state index contributed by atoms with van der Waals surface area (Å²) in [7, 11) is 0. The summed E-state index contributed by atoms with van der Waals surface area (Å²) in [5.74, 6) is 0.920. The van der Waals surface area contributed by atoms with E-state index >= 15 is 0 Å². The van der Waals surface area contributed by atoms with Gasteiger partial charge in [0.1, 0.15) is 5.82 Å². The molecule has 0 atom stereocenters. The molecule has 0 bridgehead atoms. The summed E-state index contributed by atoms with van der Waals surface area (Å²) >= 11 is 0. The summed E-state index contributed by atoms with van der Waals surface area (Å²) in [6.45, 7) is 4.46. The van der Waals surface area contributed by atoms with Crippen LogP contribution in [0.1, 0.15) is 17.1 Å². The Kier molecular flexibility index (Phi) is 2.41. The van der Waals surface area contributed by atoms with E-state index in [4.69, 9.17) is 5.73 Å². The smallest absolute Gasteiger partial charge is 0.104 e. The van der Waals surface area contributed by atoms with Crippen LogP contribution in [0.3, 0.4) is 0 Å². The van der Waals surface area contributed by atoms with E-state index in [1.165, 1.54) is 0 Å². The van der Waals surface area contributed by atoms with Gasteiger partial charge in [0.2, 0.25) is 0 Å². The Hall–Kier alpha value is -2.14. The quantitative estimate of drug-likeness (QED) is 0.642. The van der Waals surface area contributed by atoms with E-state index in [1.54, 1.807) is 0 Å². The van der Waals surface area contributed by atoms with E-state index in [0.29, 0.717) is 6.54 Å². The number of aryl methyl sites for hydroxylation is 1. The van der Waals surface area contributed by atoms with Crippen molar-refractivity contribution in [3.63, 3.8) is 0 Å². The summed E-state index contributed by atoms with van der Waals surface area (Å²) in [6, 6.07) is 6.11. The van der Waals surface area contributed by atoms with Gasteiger partial charge in [0.25, 0.3) is 0 Å². The normalized spacial score (nSPS) is 11.3. The van der Waals surface area contributed by atoms with Crippen LogP contribution in [0.2, 0.25) is 0 Å². The highest BCUT2D eigenvalue weighted by atomic mass is 15.1. The van der Waals surface area contributed by atoms with Gasteiger partial charge in [-0.05, 0) is 31.5 Å². The molecule has 18 heavy (non-hydrogen) atoms. The second-order valence-corrected chi connectivity index (χ2v) is 4.43. The summed E-state index contributed by atoms with van der Waals surface area (Å²) in [5, 5.41) is 7.31. The summed E-state index contributed by atoms with van der Waals surface area (Å²) < 4.78 is 0. The molecule has 0 radical (unpaired) electrons. The minimum atomic E-state index is 0.476. The molecular formula is C13H15N5. The molecule has 3 rings (SSSR count). The number of aromatic amines is 2. The number of H-pyrrole nitrogens is 2. The molecule has 0 saturated heterocycles. The van der Waals surface area contributed by atoms with Crippen LogP contribution in [-0.2, 0) is 6.54 Å². The van der Waals surface area contributed by atoms with Crippen molar-refractivity contribution in [2.24, 2.45) is 5.73 Å². The van der Waals surface area contributed by atoms with Crippen LogP contribution in [-0.4, -0.2) is 20.2 Å². The first-order valence-electron chi connectivity index (χ1n) is 5.89. The first-order chi connectivity index (χ1) is 8.69. The number of fused-ring (bicyclic) bond motifs is 1. The minimum Gasteiger partial charge on any atom is -0.342 e. The lowest BCUT2D eigenvalue weighted by Gasteiger charge is -1.99. The number of nitrogens with two attached hydrogens (primary N) is 1. The molecule has 0 aliphatic rings. The monoisotopic (exact) mass is 241 g/mol. The highest BCUT2D eigenvalue weighted by molar-refractivity contribution is 5.81. The Labute approximate surface area is 104 Å². The van der Waals surface area contributed by atoms with Gasteiger partial charge in [-0.3, -0.25) is 5.10 Å². The van der Waals surface area contributed by atoms with Crippen LogP contribution in [0, 0.1) is 13.8 Å². The van der Waals surface area contributed by atoms with E-state index < -0.39 is 0 Å². The number of hydrogen-bond donors (Lipinski definition) is 3. The Balaban J connectivity index is 2.15. The first kappa shape index (κ1) is 11.0. The highest BCUT2D eigenvalue weighted by Gasteiger charge is 2.11. The molecule has 5 nitrogen and oxygen atoms in total. The molecule has 0 unspecified atom stereocenters. The maximum absolute atomic E-state index is 5.65. The van der Waals surface area contributed by atoms with Crippen molar-refractivity contribution < 1.29 is 0 Å². The predicted molar refractivity (Wildman–Crippen MR) is 71.0 cm³/mol. The molecule has 92 valence electrons. The van der Waals surface area contributed by atoms with Gasteiger partial charge in [-0.1, -0.05) is 6.07 Å². The SMILES string of the molecule is Cc1nc2ccc(-c3n[nH]c(CN)c3C)cc2[nH]1. The number of hydrogen-bond acceptors (Lipinski definition) is 3. The molecule has 4 N–H and O–H groups in total. The van der Waals surface area contributed by atoms with E-state index in [2.05, 4.69) is 26.2 Å². The third kappa shape index (κ3) is 1.60. The van der Waals surface area contributed by atoms with Gasteiger partial charge < -0.3 is 10.7 Å². The fraction of sp³-hybridized carbons (Fsp3) is 0.231. The molecule has 0 aliphatic carbocycles. The average molecular weight is 241 g/mol. The zero-order valence-electron chi connectivity index (χ0n) is 10.4. The number of imidazole rings is 1. The van der Waals surface area contributed by atoms with E-state index in [-0.39, 0.29) is 0 Å². The van der Waals surface area contributed by atoms with Crippen LogP contribution in [0.15, 0.2) is 18.2 Å². The third-order valence-electron chi connectivity index (χ3n) is 3.19. The number of nitrogens with zero attached hydrogens (tertiary/aromatic N) is 2. The predicted octanol–water partition coefficient (Wildman–Crippen LogP) is 2.03. The van der Waals surface area contributed by atoms with Gasteiger partial charge in [-0.25, -0.2) is 4.98 Å². The number of aromatic nitrogens is 4. The van der Waals surface area contributed by atoms with Gasteiger partial charge in [-0.15, -0.1) is 0 Å². The van der Waals surface area contributed by atoms with Gasteiger partial charge >= 0.3 is 0 Å². The van der Waals surface area contributed by atoms with E-state index in [0.717, 1.165) is 39.4 Å². The van der Waals surface area contributed by atoms with Gasteiger partial charge in [0.15, 0.2) is 0 Å². The molecule has 1 aromatic carbocycles. The molecule has 0 spiro atoms. The second-order valence-electron chi connectivity index (χ2n) is 4.43. The first-order valence-corrected chi connectivity index (χ1v) is 5.89. The number of nitrogens with one attached hydrogen (secondary N) is 2. The Morgan fingerprint density at radius 3 is 2.83 bits per heavy atom. The third-order valence-corrected chi connectivity index (χ3v) is 3.19. The molecule has 2 aromatic heterocycles. The van der Waals surface area contributed by atoms with Crippen LogP contribution in [0.25, 0.3) is 22.3 Å². The lowest BCUT2D eigenvalue weighted by Crippen LogP contribution is -1.98. The highest BCUT2D eigenvalue weighted by Crippen LogP contribution is 2.25. The summed E-state index contributed by atoms with van der Waals surface area (Å²) in [5.41, 5.74) is 11.8. The lowest BCUT2D eigenvalue weighted by atomic mass is 10.1. The molecule has 3 aromatic rings. The zero-order valence-corrected chi connectivity index (χ0v) is 10.4. The Bertz CT molecular complexity index is 707.